The lowest BCUT2D eigenvalue weighted by Crippen LogP contribution is -2.08. The minimum atomic E-state index is 0.0497. The highest BCUT2D eigenvalue weighted by Crippen LogP contribution is 2.29. The summed E-state index contributed by atoms with van der Waals surface area (Å²) in [5, 5.41) is 8.98. The lowest BCUT2D eigenvalue weighted by molar-refractivity contribution is 0.544. The third-order valence-corrected chi connectivity index (χ3v) is 3.69. The third-order valence-electron chi connectivity index (χ3n) is 3.33. The summed E-state index contributed by atoms with van der Waals surface area (Å²) < 4.78 is 1.75. The zero-order valence-electron chi connectivity index (χ0n) is 11.1. The van der Waals surface area contributed by atoms with Gasteiger partial charge in [0.05, 0.1) is 6.04 Å². The predicted molar refractivity (Wildman–Crippen MR) is 80.7 cm³/mol. The van der Waals surface area contributed by atoms with E-state index >= 15 is 0 Å². The van der Waals surface area contributed by atoms with Gasteiger partial charge in [0.25, 0.3) is 0 Å². The molecule has 0 aliphatic carbocycles. The quantitative estimate of drug-likeness (QED) is 0.721. The zero-order chi connectivity index (χ0) is 13.9. The van der Waals surface area contributed by atoms with Crippen LogP contribution < -0.4 is 0 Å². The van der Waals surface area contributed by atoms with Gasteiger partial charge in [-0.2, -0.15) is 0 Å². The summed E-state index contributed by atoms with van der Waals surface area (Å²) in [6.07, 6.45) is 0. The largest absolute Gasteiger partial charge is 0.226 e. The molecule has 3 nitrogen and oxygen atoms in total. The van der Waals surface area contributed by atoms with Gasteiger partial charge in [0.15, 0.2) is 5.15 Å². The Morgan fingerprint density at radius 1 is 0.950 bits per heavy atom. The summed E-state index contributed by atoms with van der Waals surface area (Å²) in [4.78, 5) is 0. The average Bonchev–Trinajstić information content (AvgIpc) is 2.90. The van der Waals surface area contributed by atoms with Crippen LogP contribution in [0, 0.1) is 0 Å². The summed E-state index contributed by atoms with van der Waals surface area (Å²) in [6, 6.07) is 20.0. The van der Waals surface area contributed by atoms with Crippen molar-refractivity contribution in [1.82, 2.24) is 15.0 Å². The summed E-state index contributed by atoms with van der Waals surface area (Å²) in [5.74, 6) is 0. The highest BCUT2D eigenvalue weighted by atomic mass is 35.5. The van der Waals surface area contributed by atoms with Gasteiger partial charge in [0, 0.05) is 5.56 Å². The van der Waals surface area contributed by atoms with E-state index in [0.29, 0.717) is 5.15 Å². The standard InChI is InChI=1S/C16H14ClN3/c1-12(13-8-4-2-5-9-13)20-16(17)15(18-19-20)14-10-6-3-7-11-14/h2-12H,1H3. The SMILES string of the molecule is CC(c1ccccc1)n1nnc(-c2ccccc2)c1Cl. The minimum absolute atomic E-state index is 0.0497. The maximum absolute atomic E-state index is 6.44. The first-order valence-electron chi connectivity index (χ1n) is 6.48. The van der Waals surface area contributed by atoms with Gasteiger partial charge in [0.2, 0.25) is 0 Å². The van der Waals surface area contributed by atoms with Gasteiger partial charge in [-0.25, -0.2) is 4.68 Å². The fraction of sp³-hybridized carbons (Fsp3) is 0.125. The van der Waals surface area contributed by atoms with Gasteiger partial charge in [-0.05, 0) is 12.5 Å². The van der Waals surface area contributed by atoms with Crippen LogP contribution >= 0.6 is 11.6 Å². The molecule has 0 radical (unpaired) electrons. The molecule has 20 heavy (non-hydrogen) atoms. The second kappa shape index (κ2) is 5.47. The van der Waals surface area contributed by atoms with E-state index in [2.05, 4.69) is 29.4 Å². The number of benzene rings is 2. The number of rotatable bonds is 3. The third kappa shape index (κ3) is 2.32. The van der Waals surface area contributed by atoms with Crippen LogP contribution in [0.1, 0.15) is 18.5 Å². The molecule has 1 heterocycles. The molecule has 4 heteroatoms. The number of hydrogen-bond donors (Lipinski definition) is 0. The molecule has 100 valence electrons. The second-order valence-electron chi connectivity index (χ2n) is 4.63. The van der Waals surface area contributed by atoms with E-state index in [1.54, 1.807) is 4.68 Å². The Labute approximate surface area is 122 Å². The summed E-state index contributed by atoms with van der Waals surface area (Å²) in [5.41, 5.74) is 2.85. The number of halogens is 1. The fourth-order valence-electron chi connectivity index (χ4n) is 2.18. The van der Waals surface area contributed by atoms with Crippen LogP contribution in [-0.4, -0.2) is 15.0 Å². The van der Waals surface area contributed by atoms with E-state index in [1.807, 2.05) is 48.5 Å². The molecule has 1 aromatic heterocycles. The van der Waals surface area contributed by atoms with Crippen molar-refractivity contribution in [2.45, 2.75) is 13.0 Å². The average molecular weight is 284 g/mol. The van der Waals surface area contributed by atoms with E-state index in [4.69, 9.17) is 11.6 Å². The molecule has 0 spiro atoms. The monoisotopic (exact) mass is 283 g/mol. The van der Waals surface area contributed by atoms with Crippen LogP contribution in [-0.2, 0) is 0 Å². The van der Waals surface area contributed by atoms with Crippen molar-refractivity contribution in [1.29, 1.82) is 0 Å². The van der Waals surface area contributed by atoms with Crippen molar-refractivity contribution in [2.75, 3.05) is 0 Å². The highest BCUT2D eigenvalue weighted by Gasteiger charge is 2.17. The molecule has 2 aromatic carbocycles. The predicted octanol–water partition coefficient (Wildman–Crippen LogP) is 4.21. The fourth-order valence-corrected chi connectivity index (χ4v) is 2.50. The van der Waals surface area contributed by atoms with E-state index in [-0.39, 0.29) is 6.04 Å². The van der Waals surface area contributed by atoms with E-state index in [1.165, 1.54) is 0 Å². The van der Waals surface area contributed by atoms with Crippen molar-refractivity contribution in [3.63, 3.8) is 0 Å². The molecule has 0 fully saturated rings. The van der Waals surface area contributed by atoms with E-state index in [9.17, 15) is 0 Å². The minimum Gasteiger partial charge on any atom is -0.226 e. The molecular weight excluding hydrogens is 270 g/mol. The maximum atomic E-state index is 6.44. The van der Waals surface area contributed by atoms with Crippen LogP contribution in [0.2, 0.25) is 5.15 Å². The van der Waals surface area contributed by atoms with E-state index < -0.39 is 0 Å². The molecular formula is C16H14ClN3. The summed E-state index contributed by atoms with van der Waals surface area (Å²) in [7, 11) is 0. The Hall–Kier alpha value is -2.13. The molecule has 0 bridgehead atoms. The van der Waals surface area contributed by atoms with Crippen molar-refractivity contribution in [3.05, 3.63) is 71.4 Å². The molecule has 0 aliphatic heterocycles. The smallest absolute Gasteiger partial charge is 0.156 e. The molecule has 0 N–H and O–H groups in total. The van der Waals surface area contributed by atoms with Gasteiger partial charge in [-0.1, -0.05) is 77.5 Å². The molecule has 1 atom stereocenters. The van der Waals surface area contributed by atoms with Crippen molar-refractivity contribution >= 4 is 11.6 Å². The van der Waals surface area contributed by atoms with Gasteiger partial charge in [0.1, 0.15) is 5.69 Å². The Balaban J connectivity index is 1.99. The van der Waals surface area contributed by atoms with Gasteiger partial charge < -0.3 is 0 Å². The van der Waals surface area contributed by atoms with Gasteiger partial charge >= 0.3 is 0 Å². The van der Waals surface area contributed by atoms with Crippen LogP contribution in [0.25, 0.3) is 11.3 Å². The molecule has 0 amide bonds. The molecule has 0 saturated carbocycles. The first-order chi connectivity index (χ1) is 9.77. The van der Waals surface area contributed by atoms with Crippen molar-refractivity contribution in [3.8, 4) is 11.3 Å². The Morgan fingerprint density at radius 3 is 2.20 bits per heavy atom. The van der Waals surface area contributed by atoms with Crippen LogP contribution in [0.4, 0.5) is 0 Å². The topological polar surface area (TPSA) is 30.7 Å². The summed E-state index contributed by atoms with van der Waals surface area (Å²) >= 11 is 6.44. The molecule has 0 aliphatic rings. The number of nitrogens with zero attached hydrogens (tertiary/aromatic N) is 3. The molecule has 3 rings (SSSR count). The van der Waals surface area contributed by atoms with Crippen molar-refractivity contribution in [2.24, 2.45) is 0 Å². The van der Waals surface area contributed by atoms with Crippen LogP contribution in [0.5, 0.6) is 0 Å². The molecule has 3 aromatic rings. The Bertz CT molecular complexity index is 692. The summed E-state index contributed by atoms with van der Waals surface area (Å²) in [6.45, 7) is 2.06. The van der Waals surface area contributed by atoms with Gasteiger partial charge in [-0.15, -0.1) is 5.10 Å². The first kappa shape index (κ1) is 12.9. The first-order valence-corrected chi connectivity index (χ1v) is 6.86. The normalized spacial score (nSPS) is 12.3. The molecule has 1 unspecified atom stereocenters. The Kier molecular flexibility index (Phi) is 3.52. The van der Waals surface area contributed by atoms with Crippen LogP contribution in [0.3, 0.4) is 0 Å². The van der Waals surface area contributed by atoms with E-state index in [0.717, 1.165) is 16.8 Å². The second-order valence-corrected chi connectivity index (χ2v) is 4.98. The highest BCUT2D eigenvalue weighted by molar-refractivity contribution is 6.32. The Morgan fingerprint density at radius 2 is 1.55 bits per heavy atom. The molecule has 0 saturated heterocycles. The lowest BCUT2D eigenvalue weighted by Gasteiger charge is -2.12. The van der Waals surface area contributed by atoms with Crippen molar-refractivity contribution < 1.29 is 0 Å². The van der Waals surface area contributed by atoms with Gasteiger partial charge in [-0.3, -0.25) is 0 Å². The number of hydrogen-bond acceptors (Lipinski definition) is 2. The maximum Gasteiger partial charge on any atom is 0.156 e. The van der Waals surface area contributed by atoms with Crippen LogP contribution in [0.15, 0.2) is 60.7 Å². The lowest BCUT2D eigenvalue weighted by atomic mass is 10.1. The number of aromatic nitrogens is 3. The zero-order valence-corrected chi connectivity index (χ0v) is 11.8.